The lowest BCUT2D eigenvalue weighted by Gasteiger charge is -2.21. The number of hydrogen-bond donors (Lipinski definition) is 1. The van der Waals surface area contributed by atoms with E-state index in [9.17, 15) is 8.42 Å². The highest BCUT2D eigenvalue weighted by atomic mass is 32.2. The van der Waals surface area contributed by atoms with Crippen LogP contribution in [-0.4, -0.2) is 20.4 Å². The molecule has 120 valence electrons. The third-order valence-corrected chi connectivity index (χ3v) is 6.21. The van der Waals surface area contributed by atoms with Crippen LogP contribution in [0, 0.1) is 20.8 Å². The number of nitrogens with zero attached hydrogens (tertiary/aromatic N) is 1. The Kier molecular flexibility index (Phi) is 3.68. The Morgan fingerprint density at radius 3 is 2.26 bits per heavy atom. The summed E-state index contributed by atoms with van der Waals surface area (Å²) in [4.78, 5) is 3.51. The minimum atomic E-state index is -3.62. The second-order valence-electron chi connectivity index (χ2n) is 5.92. The first-order valence-electron chi connectivity index (χ1n) is 7.45. The van der Waals surface area contributed by atoms with Crippen molar-refractivity contribution in [1.29, 1.82) is 0 Å². The molecule has 3 rings (SSSR count). The van der Waals surface area contributed by atoms with E-state index in [1.807, 2.05) is 57.2 Å². The molecule has 1 N–H and O–H groups in total. The van der Waals surface area contributed by atoms with Gasteiger partial charge < -0.3 is 4.98 Å². The number of sulfonamides is 1. The summed E-state index contributed by atoms with van der Waals surface area (Å²) >= 11 is 0. The van der Waals surface area contributed by atoms with Gasteiger partial charge in [-0.2, -0.15) is 0 Å². The number of aromatic amines is 1. The summed E-state index contributed by atoms with van der Waals surface area (Å²) in [5.74, 6) is 0. The molecule has 0 aliphatic heterocycles. The zero-order valence-electron chi connectivity index (χ0n) is 13.7. The number of rotatable bonds is 3. The third kappa shape index (κ3) is 2.51. The van der Waals surface area contributed by atoms with Gasteiger partial charge >= 0.3 is 0 Å². The number of aryl methyl sites for hydroxylation is 3. The van der Waals surface area contributed by atoms with E-state index in [1.165, 1.54) is 4.31 Å². The first kappa shape index (κ1) is 15.6. The van der Waals surface area contributed by atoms with E-state index in [1.54, 1.807) is 13.2 Å². The molecule has 23 heavy (non-hydrogen) atoms. The molecular formula is C18H20N2O2S. The minimum Gasteiger partial charge on any atom is -0.359 e. The highest BCUT2D eigenvalue weighted by molar-refractivity contribution is 7.93. The molecule has 0 unspecified atom stereocenters. The number of aromatic nitrogens is 1. The van der Waals surface area contributed by atoms with Gasteiger partial charge in [0, 0.05) is 24.1 Å². The van der Waals surface area contributed by atoms with E-state index in [2.05, 4.69) is 4.98 Å². The first-order chi connectivity index (χ1) is 10.8. The Balaban J connectivity index is 2.17. The second kappa shape index (κ2) is 5.42. The summed E-state index contributed by atoms with van der Waals surface area (Å²) in [5.41, 5.74) is 4.18. The maximum absolute atomic E-state index is 13.1. The van der Waals surface area contributed by atoms with Crippen LogP contribution in [0.5, 0.6) is 0 Å². The molecule has 3 aromatic rings. The lowest BCUT2D eigenvalue weighted by molar-refractivity contribution is 0.593. The van der Waals surface area contributed by atoms with Gasteiger partial charge in [-0.15, -0.1) is 0 Å². The minimum absolute atomic E-state index is 0.385. The van der Waals surface area contributed by atoms with Crippen LogP contribution in [0.15, 0.2) is 47.5 Å². The molecule has 0 fully saturated rings. The lowest BCUT2D eigenvalue weighted by atomic mass is 10.1. The van der Waals surface area contributed by atoms with Crippen molar-refractivity contribution in [3.63, 3.8) is 0 Å². The van der Waals surface area contributed by atoms with Crippen LogP contribution in [0.4, 0.5) is 5.69 Å². The molecule has 0 aliphatic carbocycles. The van der Waals surface area contributed by atoms with E-state index in [4.69, 9.17) is 0 Å². The number of para-hydroxylation sites is 1. The Hall–Kier alpha value is -2.27. The van der Waals surface area contributed by atoms with E-state index in [0.717, 1.165) is 27.6 Å². The summed E-state index contributed by atoms with van der Waals surface area (Å²) in [6.45, 7) is 5.66. The first-order valence-corrected chi connectivity index (χ1v) is 8.89. The molecule has 0 saturated heterocycles. The molecule has 2 aromatic carbocycles. The van der Waals surface area contributed by atoms with Crippen molar-refractivity contribution in [3.8, 4) is 0 Å². The van der Waals surface area contributed by atoms with Crippen molar-refractivity contribution in [3.05, 3.63) is 59.3 Å². The molecule has 0 atom stereocenters. The zero-order valence-corrected chi connectivity index (χ0v) is 14.5. The third-order valence-electron chi connectivity index (χ3n) is 4.13. The molecular weight excluding hydrogens is 308 g/mol. The molecule has 0 radical (unpaired) electrons. The van der Waals surface area contributed by atoms with Crippen LogP contribution in [0.3, 0.4) is 0 Å². The Bertz CT molecular complexity index is 964. The summed E-state index contributed by atoms with van der Waals surface area (Å²) in [6, 6.07) is 11.5. The number of nitrogens with one attached hydrogen (secondary N) is 1. The fourth-order valence-corrected chi connectivity index (χ4v) is 4.77. The standard InChI is InChI=1S/C18H20N2O2S/c1-12-9-13(2)18(14(3)10-12)23(21,22)20(4)17-11-19-16-8-6-5-7-15(16)17/h5-11,19H,1-4H3. The number of fused-ring (bicyclic) bond motifs is 1. The smallest absolute Gasteiger partial charge is 0.264 e. The van der Waals surface area contributed by atoms with Gasteiger partial charge in [0.05, 0.1) is 10.6 Å². The summed E-state index contributed by atoms with van der Waals surface area (Å²) < 4.78 is 27.6. The SMILES string of the molecule is Cc1cc(C)c(S(=O)(=O)N(C)c2c[nH]c3ccccc23)c(C)c1. The van der Waals surface area contributed by atoms with Gasteiger partial charge in [0.1, 0.15) is 0 Å². The number of H-pyrrole nitrogens is 1. The molecule has 0 spiro atoms. The van der Waals surface area contributed by atoms with Gasteiger partial charge in [-0.3, -0.25) is 4.31 Å². The van der Waals surface area contributed by atoms with Crippen LogP contribution in [-0.2, 0) is 10.0 Å². The molecule has 1 aromatic heterocycles. The molecule has 1 heterocycles. The van der Waals surface area contributed by atoms with Gasteiger partial charge in [-0.05, 0) is 38.0 Å². The van der Waals surface area contributed by atoms with Gasteiger partial charge in [-0.25, -0.2) is 8.42 Å². The Morgan fingerprint density at radius 1 is 1.00 bits per heavy atom. The predicted octanol–water partition coefficient (Wildman–Crippen LogP) is 3.92. The van der Waals surface area contributed by atoms with Gasteiger partial charge in [0.25, 0.3) is 10.0 Å². The largest absolute Gasteiger partial charge is 0.359 e. The lowest BCUT2D eigenvalue weighted by Crippen LogP contribution is -2.27. The molecule has 4 nitrogen and oxygen atoms in total. The van der Waals surface area contributed by atoms with E-state index >= 15 is 0 Å². The molecule has 5 heteroatoms. The highest BCUT2D eigenvalue weighted by Gasteiger charge is 2.26. The number of benzene rings is 2. The Morgan fingerprint density at radius 2 is 1.61 bits per heavy atom. The van der Waals surface area contributed by atoms with Crippen LogP contribution in [0.1, 0.15) is 16.7 Å². The molecule has 0 bridgehead atoms. The monoisotopic (exact) mass is 328 g/mol. The van der Waals surface area contributed by atoms with Gasteiger partial charge in [-0.1, -0.05) is 35.9 Å². The highest BCUT2D eigenvalue weighted by Crippen LogP contribution is 2.32. The Labute approximate surface area is 136 Å². The van der Waals surface area contributed by atoms with Crippen molar-refractivity contribution in [2.45, 2.75) is 25.7 Å². The van der Waals surface area contributed by atoms with E-state index in [0.29, 0.717) is 10.6 Å². The fourth-order valence-electron chi connectivity index (χ4n) is 3.16. The zero-order chi connectivity index (χ0) is 16.8. The van der Waals surface area contributed by atoms with Crippen molar-refractivity contribution < 1.29 is 8.42 Å². The molecule has 0 aliphatic rings. The van der Waals surface area contributed by atoms with E-state index < -0.39 is 10.0 Å². The average Bonchev–Trinajstić information content (AvgIpc) is 2.88. The summed E-state index contributed by atoms with van der Waals surface area (Å²) in [5, 5.41) is 0.890. The maximum Gasteiger partial charge on any atom is 0.264 e. The maximum atomic E-state index is 13.1. The average molecular weight is 328 g/mol. The number of anilines is 1. The molecule has 0 saturated carbocycles. The number of hydrogen-bond acceptors (Lipinski definition) is 2. The summed E-state index contributed by atoms with van der Waals surface area (Å²) in [6.07, 6.45) is 1.74. The van der Waals surface area contributed by atoms with Gasteiger partial charge in [0.15, 0.2) is 0 Å². The normalized spacial score (nSPS) is 11.8. The van der Waals surface area contributed by atoms with Crippen LogP contribution in [0.25, 0.3) is 10.9 Å². The quantitative estimate of drug-likeness (QED) is 0.792. The van der Waals surface area contributed by atoms with Crippen molar-refractivity contribution in [2.24, 2.45) is 0 Å². The predicted molar refractivity (Wildman–Crippen MR) is 94.5 cm³/mol. The van der Waals surface area contributed by atoms with Crippen LogP contribution in [0.2, 0.25) is 0 Å². The van der Waals surface area contributed by atoms with Crippen molar-refractivity contribution in [2.75, 3.05) is 11.4 Å². The van der Waals surface area contributed by atoms with Crippen molar-refractivity contribution in [1.82, 2.24) is 4.98 Å². The second-order valence-corrected chi connectivity index (χ2v) is 7.83. The van der Waals surface area contributed by atoms with E-state index in [-0.39, 0.29) is 0 Å². The van der Waals surface area contributed by atoms with Crippen molar-refractivity contribution >= 4 is 26.6 Å². The topological polar surface area (TPSA) is 53.2 Å². The fraction of sp³-hybridized carbons (Fsp3) is 0.222. The van der Waals surface area contributed by atoms with Crippen LogP contribution >= 0.6 is 0 Å². The summed E-state index contributed by atoms with van der Waals surface area (Å²) in [7, 11) is -2.02. The molecule has 0 amide bonds. The van der Waals surface area contributed by atoms with Gasteiger partial charge in [0.2, 0.25) is 0 Å². The van der Waals surface area contributed by atoms with Crippen LogP contribution < -0.4 is 4.31 Å².